The number of H-pyrrole nitrogens is 1. The Hall–Kier alpha value is -2.35. The summed E-state index contributed by atoms with van der Waals surface area (Å²) in [6.45, 7) is 3.15. The van der Waals surface area contributed by atoms with Crippen molar-refractivity contribution in [1.29, 1.82) is 0 Å². The summed E-state index contributed by atoms with van der Waals surface area (Å²) < 4.78 is 11.0. The number of guanidine groups is 1. The molecule has 2 aromatic rings. The highest BCUT2D eigenvalue weighted by atomic mass is 16.5. The van der Waals surface area contributed by atoms with Gasteiger partial charge in [0.2, 0.25) is 5.82 Å². The molecule has 0 bridgehead atoms. The first kappa shape index (κ1) is 17.5. The minimum absolute atomic E-state index is 0.578. The van der Waals surface area contributed by atoms with Crippen LogP contribution in [0.15, 0.2) is 27.8 Å². The van der Waals surface area contributed by atoms with Crippen molar-refractivity contribution in [3.05, 3.63) is 24.2 Å². The topological polar surface area (TPSA) is 91.6 Å². The molecule has 0 atom stereocenters. The van der Waals surface area contributed by atoms with Crippen molar-refractivity contribution in [2.24, 2.45) is 10.9 Å². The van der Waals surface area contributed by atoms with Crippen molar-refractivity contribution in [2.75, 3.05) is 40.4 Å². The van der Waals surface area contributed by atoms with Gasteiger partial charge in [-0.25, -0.2) is 4.98 Å². The summed E-state index contributed by atoms with van der Waals surface area (Å²) in [6, 6.07) is 3.66. The van der Waals surface area contributed by atoms with Crippen molar-refractivity contribution >= 4 is 5.96 Å². The number of hydrogen-bond donors (Lipinski definition) is 2. The van der Waals surface area contributed by atoms with Gasteiger partial charge in [0.25, 0.3) is 0 Å². The largest absolute Gasteiger partial charge is 0.461 e. The van der Waals surface area contributed by atoms with Crippen LogP contribution in [-0.2, 0) is 11.2 Å². The van der Waals surface area contributed by atoms with Crippen molar-refractivity contribution < 1.29 is 9.15 Å². The first-order valence-corrected chi connectivity index (χ1v) is 8.71. The van der Waals surface area contributed by atoms with Crippen LogP contribution < -0.4 is 5.32 Å². The molecular formula is C17H26N6O2. The fourth-order valence-corrected chi connectivity index (χ4v) is 2.44. The van der Waals surface area contributed by atoms with Gasteiger partial charge < -0.3 is 19.4 Å². The lowest BCUT2D eigenvalue weighted by Crippen LogP contribution is -2.41. The van der Waals surface area contributed by atoms with Crippen LogP contribution in [0.4, 0.5) is 0 Å². The van der Waals surface area contributed by atoms with E-state index < -0.39 is 0 Å². The fourth-order valence-electron chi connectivity index (χ4n) is 2.44. The Morgan fingerprint density at radius 1 is 1.52 bits per heavy atom. The SMILES string of the molecule is CN=C(NCCc1nc(-c2ccco2)n[nH]1)N(C)CCOCC1CC1. The smallest absolute Gasteiger partial charge is 0.216 e. The molecular weight excluding hydrogens is 320 g/mol. The van der Waals surface area contributed by atoms with Gasteiger partial charge >= 0.3 is 0 Å². The molecule has 0 radical (unpaired) electrons. The Morgan fingerprint density at radius 3 is 3.12 bits per heavy atom. The van der Waals surface area contributed by atoms with Gasteiger partial charge in [-0.05, 0) is 30.9 Å². The van der Waals surface area contributed by atoms with Crippen molar-refractivity contribution in [3.63, 3.8) is 0 Å². The zero-order valence-electron chi connectivity index (χ0n) is 14.9. The normalized spacial score (nSPS) is 14.7. The van der Waals surface area contributed by atoms with Gasteiger partial charge in [0.05, 0.1) is 12.9 Å². The van der Waals surface area contributed by atoms with Crippen LogP contribution in [0.2, 0.25) is 0 Å². The second kappa shape index (κ2) is 8.66. The molecule has 1 aliphatic rings. The third kappa shape index (κ3) is 5.32. The minimum atomic E-state index is 0.578. The minimum Gasteiger partial charge on any atom is -0.461 e. The summed E-state index contributed by atoms with van der Waals surface area (Å²) in [6.07, 6.45) is 4.98. The maximum absolute atomic E-state index is 5.68. The van der Waals surface area contributed by atoms with Crippen LogP contribution in [0, 0.1) is 5.92 Å². The number of hydrogen-bond acceptors (Lipinski definition) is 5. The Kier molecular flexibility index (Phi) is 6.05. The van der Waals surface area contributed by atoms with Crippen molar-refractivity contribution in [1.82, 2.24) is 25.4 Å². The van der Waals surface area contributed by atoms with Crippen molar-refractivity contribution in [3.8, 4) is 11.6 Å². The van der Waals surface area contributed by atoms with Crippen LogP contribution in [0.3, 0.4) is 0 Å². The van der Waals surface area contributed by atoms with Crippen molar-refractivity contribution in [2.45, 2.75) is 19.3 Å². The monoisotopic (exact) mass is 346 g/mol. The lowest BCUT2D eigenvalue weighted by molar-refractivity contribution is 0.115. The number of aliphatic imine (C=N–C) groups is 1. The van der Waals surface area contributed by atoms with Crippen LogP contribution in [0.25, 0.3) is 11.6 Å². The maximum Gasteiger partial charge on any atom is 0.216 e. The molecule has 1 aliphatic carbocycles. The van der Waals surface area contributed by atoms with E-state index in [1.54, 1.807) is 13.3 Å². The molecule has 8 nitrogen and oxygen atoms in total. The van der Waals surface area contributed by atoms with E-state index in [1.165, 1.54) is 12.8 Å². The predicted molar refractivity (Wildman–Crippen MR) is 95.3 cm³/mol. The molecule has 0 unspecified atom stereocenters. The van der Waals surface area contributed by atoms with E-state index >= 15 is 0 Å². The van der Waals surface area contributed by atoms with E-state index in [1.807, 2.05) is 19.2 Å². The molecule has 0 aliphatic heterocycles. The van der Waals surface area contributed by atoms with E-state index in [4.69, 9.17) is 9.15 Å². The summed E-state index contributed by atoms with van der Waals surface area (Å²) >= 11 is 0. The standard InChI is InChI=1S/C17H26N6O2/c1-18-17(23(2)9-11-24-12-13-5-6-13)19-8-7-15-20-16(22-21-15)14-4-3-10-25-14/h3-4,10,13H,5-9,11-12H2,1-2H3,(H,18,19)(H,20,21,22). The molecule has 8 heteroatoms. The number of aromatic nitrogens is 3. The Bertz CT molecular complexity index is 662. The average molecular weight is 346 g/mol. The summed E-state index contributed by atoms with van der Waals surface area (Å²) in [5.41, 5.74) is 0. The second-order valence-electron chi connectivity index (χ2n) is 6.25. The van der Waals surface area contributed by atoms with Gasteiger partial charge in [-0.2, -0.15) is 5.10 Å². The molecule has 2 N–H and O–H groups in total. The highest BCUT2D eigenvalue weighted by Gasteiger charge is 2.21. The molecule has 0 aromatic carbocycles. The molecule has 3 rings (SSSR count). The number of likely N-dealkylation sites (N-methyl/N-ethyl adjacent to an activating group) is 1. The molecule has 0 saturated heterocycles. The van der Waals surface area contributed by atoms with Gasteiger partial charge in [-0.3, -0.25) is 10.1 Å². The molecule has 136 valence electrons. The third-order valence-corrected chi connectivity index (χ3v) is 4.11. The maximum atomic E-state index is 5.68. The van der Waals surface area contributed by atoms with Crippen LogP contribution in [0.1, 0.15) is 18.7 Å². The fraction of sp³-hybridized carbons (Fsp3) is 0.588. The summed E-state index contributed by atoms with van der Waals surface area (Å²) in [5, 5.41) is 10.4. The lowest BCUT2D eigenvalue weighted by Gasteiger charge is -2.21. The Balaban J connectivity index is 1.37. The van der Waals surface area contributed by atoms with Gasteiger partial charge in [-0.15, -0.1) is 0 Å². The zero-order chi connectivity index (χ0) is 17.5. The number of ether oxygens (including phenoxy) is 1. The zero-order valence-corrected chi connectivity index (χ0v) is 14.9. The van der Waals surface area contributed by atoms with E-state index in [9.17, 15) is 0 Å². The summed E-state index contributed by atoms with van der Waals surface area (Å²) in [4.78, 5) is 10.8. The molecule has 0 spiro atoms. The first-order chi connectivity index (χ1) is 12.3. The molecule has 2 aromatic heterocycles. The number of nitrogens with one attached hydrogen (secondary N) is 2. The summed E-state index contributed by atoms with van der Waals surface area (Å²) in [5.74, 6) is 3.70. The number of furan rings is 1. The number of aromatic amines is 1. The molecule has 25 heavy (non-hydrogen) atoms. The van der Waals surface area contributed by atoms with E-state index in [2.05, 4.69) is 30.4 Å². The number of nitrogens with zero attached hydrogens (tertiary/aromatic N) is 4. The van der Waals surface area contributed by atoms with Gasteiger partial charge in [-0.1, -0.05) is 0 Å². The lowest BCUT2D eigenvalue weighted by atomic mass is 10.4. The molecule has 1 fully saturated rings. The van der Waals surface area contributed by atoms with Crippen LogP contribution in [0.5, 0.6) is 0 Å². The van der Waals surface area contributed by atoms with E-state index in [0.717, 1.165) is 43.9 Å². The Morgan fingerprint density at radius 2 is 2.40 bits per heavy atom. The van der Waals surface area contributed by atoms with Gasteiger partial charge in [0.1, 0.15) is 5.82 Å². The van der Waals surface area contributed by atoms with Crippen LogP contribution in [-0.4, -0.2) is 66.4 Å². The van der Waals surface area contributed by atoms with Crippen LogP contribution >= 0.6 is 0 Å². The highest BCUT2D eigenvalue weighted by Crippen LogP contribution is 2.28. The molecule has 1 saturated carbocycles. The highest BCUT2D eigenvalue weighted by molar-refractivity contribution is 5.79. The molecule has 2 heterocycles. The van der Waals surface area contributed by atoms with E-state index in [0.29, 0.717) is 18.1 Å². The number of rotatable bonds is 9. The first-order valence-electron chi connectivity index (χ1n) is 8.71. The van der Waals surface area contributed by atoms with E-state index in [-0.39, 0.29) is 0 Å². The summed E-state index contributed by atoms with van der Waals surface area (Å²) in [7, 11) is 3.80. The third-order valence-electron chi connectivity index (χ3n) is 4.11. The molecule has 0 amide bonds. The average Bonchev–Trinajstić information content (AvgIpc) is 3.10. The quantitative estimate of drug-likeness (QED) is 0.407. The van der Waals surface area contributed by atoms with Gasteiger partial charge in [0, 0.05) is 40.2 Å². The van der Waals surface area contributed by atoms with Gasteiger partial charge in [0.15, 0.2) is 11.7 Å². The second-order valence-corrected chi connectivity index (χ2v) is 6.25. The predicted octanol–water partition coefficient (Wildman–Crippen LogP) is 1.54. The Labute approximate surface area is 147 Å².